The van der Waals surface area contributed by atoms with E-state index < -0.39 is 34.6 Å². The predicted molar refractivity (Wildman–Crippen MR) is 127 cm³/mol. The van der Waals surface area contributed by atoms with Crippen LogP contribution < -0.4 is 10.1 Å². The first kappa shape index (κ1) is 26.1. The Labute approximate surface area is 212 Å². The smallest absolute Gasteiger partial charge is 0.420 e. The van der Waals surface area contributed by atoms with E-state index in [2.05, 4.69) is 20.4 Å². The second kappa shape index (κ2) is 10.7. The average molecular weight is 527 g/mol. The Balaban J connectivity index is 1.28. The molecular weight excluding hydrogens is 495 g/mol. The normalized spacial score (nSPS) is 24.9. The number of aromatic nitrogens is 2. The third kappa shape index (κ3) is 5.82. The summed E-state index contributed by atoms with van der Waals surface area (Å²) in [5.74, 6) is -1.02. The number of hydrogen-bond acceptors (Lipinski definition) is 6. The van der Waals surface area contributed by atoms with Crippen molar-refractivity contribution in [2.75, 3.05) is 44.8 Å². The second-order valence-corrected chi connectivity index (χ2v) is 10.3. The Bertz CT molecular complexity index is 1100. The van der Waals surface area contributed by atoms with E-state index in [1.165, 1.54) is 0 Å². The van der Waals surface area contributed by atoms with Crippen LogP contribution in [0.5, 0.6) is 5.75 Å². The van der Waals surface area contributed by atoms with Crippen molar-refractivity contribution in [2.24, 2.45) is 17.8 Å². The molecule has 3 fully saturated rings. The first-order chi connectivity index (χ1) is 17.7. The van der Waals surface area contributed by atoms with Crippen LogP contribution in [-0.4, -0.2) is 60.6 Å². The van der Waals surface area contributed by atoms with Crippen LogP contribution in [0.2, 0.25) is 0 Å². The van der Waals surface area contributed by atoms with E-state index in [4.69, 9.17) is 9.47 Å². The Kier molecular flexibility index (Phi) is 7.53. The van der Waals surface area contributed by atoms with Gasteiger partial charge in [-0.15, -0.1) is 10.2 Å². The van der Waals surface area contributed by atoms with Crippen LogP contribution in [0, 0.1) is 29.4 Å². The highest BCUT2D eigenvalue weighted by Crippen LogP contribution is 2.42. The Morgan fingerprint density at radius 3 is 2.38 bits per heavy atom. The van der Waals surface area contributed by atoms with Gasteiger partial charge in [-0.05, 0) is 62.5 Å². The predicted octanol–water partition coefficient (Wildman–Crippen LogP) is 5.39. The molecule has 6 nitrogen and oxygen atoms in total. The molecule has 0 bridgehead atoms. The van der Waals surface area contributed by atoms with Crippen molar-refractivity contribution in [2.45, 2.75) is 44.8 Å². The maximum Gasteiger partial charge on any atom is 0.420 e. The number of nitrogens with one attached hydrogen (secondary N) is 1. The Hall–Kier alpha value is -2.53. The van der Waals surface area contributed by atoms with Gasteiger partial charge in [-0.3, -0.25) is 0 Å². The molecule has 1 saturated carbocycles. The molecule has 2 atom stereocenters. The number of alkyl halides is 3. The fourth-order valence-corrected chi connectivity index (χ4v) is 5.99. The van der Waals surface area contributed by atoms with Gasteiger partial charge < -0.3 is 19.7 Å². The minimum atomic E-state index is -4.75. The molecule has 2 aliphatic heterocycles. The standard InChI is InChI=1S/C26H31F5N4O2/c1-2-37-24-11-21(27)19(9-22(24)28)23-10-20(26(29,30)31)25(34-33-23)32-18-7-16-13-35(14-17(16)8-18)12-15-3-5-36-6-4-15/h9-11,15-18H,2-8,12-14H2,1H3,(H,32,34). The zero-order valence-corrected chi connectivity index (χ0v) is 20.7. The number of hydrogen-bond donors (Lipinski definition) is 1. The van der Waals surface area contributed by atoms with Gasteiger partial charge in [-0.25, -0.2) is 8.78 Å². The van der Waals surface area contributed by atoms with Crippen molar-refractivity contribution < 1.29 is 31.4 Å². The monoisotopic (exact) mass is 526 g/mol. The Morgan fingerprint density at radius 2 is 1.73 bits per heavy atom. The SMILES string of the molecule is CCOc1cc(F)c(-c2cc(C(F)(F)F)c(NC3CC4CN(CC5CCOCC5)CC4C3)nn2)cc1F. The van der Waals surface area contributed by atoms with Gasteiger partial charge in [-0.2, -0.15) is 13.2 Å². The van der Waals surface area contributed by atoms with Crippen LogP contribution in [0.4, 0.5) is 27.8 Å². The summed E-state index contributed by atoms with van der Waals surface area (Å²) in [6.07, 6.45) is -1.07. The molecule has 5 rings (SSSR count). The zero-order valence-electron chi connectivity index (χ0n) is 20.7. The van der Waals surface area contributed by atoms with Crippen molar-refractivity contribution in [3.63, 3.8) is 0 Å². The number of rotatable bonds is 7. The average Bonchev–Trinajstić information content (AvgIpc) is 3.39. The maximum absolute atomic E-state index is 14.6. The zero-order chi connectivity index (χ0) is 26.2. The molecule has 1 N–H and O–H groups in total. The highest BCUT2D eigenvalue weighted by atomic mass is 19.4. The minimum Gasteiger partial charge on any atom is -0.491 e. The van der Waals surface area contributed by atoms with E-state index in [0.29, 0.717) is 17.8 Å². The molecule has 3 heterocycles. The maximum atomic E-state index is 14.6. The summed E-state index contributed by atoms with van der Waals surface area (Å²) in [5.41, 5.74) is -1.86. The Morgan fingerprint density at radius 1 is 1.03 bits per heavy atom. The third-order valence-electron chi connectivity index (χ3n) is 7.72. The topological polar surface area (TPSA) is 59.5 Å². The van der Waals surface area contributed by atoms with Gasteiger partial charge in [0.15, 0.2) is 17.4 Å². The van der Waals surface area contributed by atoms with Crippen molar-refractivity contribution in [3.8, 4) is 17.0 Å². The summed E-state index contributed by atoms with van der Waals surface area (Å²) >= 11 is 0. The van der Waals surface area contributed by atoms with E-state index >= 15 is 0 Å². The quantitative estimate of drug-likeness (QED) is 0.489. The highest BCUT2D eigenvalue weighted by molar-refractivity contribution is 5.64. The second-order valence-electron chi connectivity index (χ2n) is 10.3. The van der Waals surface area contributed by atoms with Crippen molar-refractivity contribution in [1.82, 2.24) is 15.1 Å². The van der Waals surface area contributed by atoms with Crippen molar-refractivity contribution >= 4 is 5.82 Å². The van der Waals surface area contributed by atoms with E-state index in [1.54, 1.807) is 6.92 Å². The number of ether oxygens (including phenoxy) is 2. The number of fused-ring (bicyclic) bond motifs is 1. The van der Waals surface area contributed by atoms with Gasteiger partial charge in [0, 0.05) is 50.5 Å². The lowest BCUT2D eigenvalue weighted by atomic mass is 10.00. The summed E-state index contributed by atoms with van der Waals surface area (Å²) < 4.78 is 81.2. The van der Waals surface area contributed by atoms with E-state index in [9.17, 15) is 22.0 Å². The van der Waals surface area contributed by atoms with E-state index in [-0.39, 0.29) is 24.2 Å². The summed E-state index contributed by atoms with van der Waals surface area (Å²) in [4.78, 5) is 2.49. The van der Waals surface area contributed by atoms with Crippen molar-refractivity contribution in [1.29, 1.82) is 0 Å². The van der Waals surface area contributed by atoms with Crippen LogP contribution in [0.1, 0.15) is 38.2 Å². The molecule has 2 saturated heterocycles. The summed E-state index contributed by atoms with van der Waals surface area (Å²) in [6, 6.07) is 2.15. The molecule has 1 aromatic carbocycles. The van der Waals surface area contributed by atoms with Gasteiger partial charge in [0.25, 0.3) is 0 Å². The number of halogens is 5. The molecule has 2 aromatic rings. The molecule has 3 aliphatic rings. The van der Waals surface area contributed by atoms with Gasteiger partial charge in [0.05, 0.1) is 12.3 Å². The summed E-state index contributed by atoms with van der Waals surface area (Å²) in [6.45, 7) is 6.34. The highest BCUT2D eigenvalue weighted by Gasteiger charge is 2.43. The van der Waals surface area contributed by atoms with E-state index in [0.717, 1.165) is 76.7 Å². The summed E-state index contributed by atoms with van der Waals surface area (Å²) in [5, 5.41) is 10.5. The molecule has 0 amide bonds. The van der Waals surface area contributed by atoms with Crippen LogP contribution in [0.25, 0.3) is 11.3 Å². The van der Waals surface area contributed by atoms with Gasteiger partial charge in [-0.1, -0.05) is 0 Å². The molecule has 1 aromatic heterocycles. The molecule has 0 radical (unpaired) electrons. The molecule has 37 heavy (non-hydrogen) atoms. The minimum absolute atomic E-state index is 0.116. The van der Waals surface area contributed by atoms with Crippen LogP contribution in [-0.2, 0) is 10.9 Å². The number of likely N-dealkylation sites (tertiary alicyclic amines) is 1. The van der Waals surface area contributed by atoms with Gasteiger partial charge in [0.2, 0.25) is 0 Å². The number of anilines is 1. The fraction of sp³-hybridized carbons (Fsp3) is 0.615. The largest absolute Gasteiger partial charge is 0.491 e. The van der Waals surface area contributed by atoms with Gasteiger partial charge >= 0.3 is 6.18 Å². The third-order valence-corrected chi connectivity index (χ3v) is 7.72. The first-order valence-corrected chi connectivity index (χ1v) is 12.8. The van der Waals surface area contributed by atoms with Crippen LogP contribution >= 0.6 is 0 Å². The molecule has 2 unspecified atom stereocenters. The number of benzene rings is 1. The molecule has 1 aliphatic carbocycles. The van der Waals surface area contributed by atoms with Crippen molar-refractivity contribution in [3.05, 3.63) is 35.4 Å². The first-order valence-electron chi connectivity index (χ1n) is 12.8. The van der Waals surface area contributed by atoms with Gasteiger partial charge in [0.1, 0.15) is 11.4 Å². The summed E-state index contributed by atoms with van der Waals surface area (Å²) in [7, 11) is 0. The molecular formula is C26H31F5N4O2. The fourth-order valence-electron chi connectivity index (χ4n) is 5.99. The molecule has 202 valence electrons. The van der Waals surface area contributed by atoms with Crippen LogP contribution in [0.3, 0.4) is 0 Å². The lowest BCUT2D eigenvalue weighted by Crippen LogP contribution is -2.32. The van der Waals surface area contributed by atoms with E-state index in [1.807, 2.05) is 0 Å². The lowest BCUT2D eigenvalue weighted by Gasteiger charge is -2.28. The number of nitrogens with zero attached hydrogens (tertiary/aromatic N) is 3. The molecule has 11 heteroatoms. The lowest BCUT2D eigenvalue weighted by molar-refractivity contribution is -0.137. The van der Waals surface area contributed by atoms with Crippen LogP contribution in [0.15, 0.2) is 18.2 Å². The molecule has 0 spiro atoms.